The minimum Gasteiger partial charge on any atom is -0.464 e. The molecule has 0 saturated carbocycles. The van der Waals surface area contributed by atoms with Crippen molar-refractivity contribution in [3.63, 3.8) is 0 Å². The molecular weight excluding hydrogens is 292 g/mol. The molecule has 112 valence electrons. The Bertz CT molecular complexity index is 914. The molecule has 0 aliphatic rings. The molecule has 1 aromatic carbocycles. The van der Waals surface area contributed by atoms with Gasteiger partial charge in [-0.2, -0.15) is 0 Å². The maximum atomic E-state index is 11.4. The lowest BCUT2D eigenvalue weighted by molar-refractivity contribution is 0.0594. The van der Waals surface area contributed by atoms with Crippen molar-refractivity contribution in [2.24, 2.45) is 0 Å². The van der Waals surface area contributed by atoms with E-state index in [0.29, 0.717) is 5.69 Å². The number of hydrogen-bond acceptors (Lipinski definition) is 5. The van der Waals surface area contributed by atoms with Gasteiger partial charge in [0.25, 0.3) is 0 Å². The van der Waals surface area contributed by atoms with E-state index < -0.39 is 5.97 Å². The van der Waals surface area contributed by atoms with E-state index in [0.717, 1.165) is 22.3 Å². The molecular formula is C17H12N4O2. The Kier molecular flexibility index (Phi) is 3.85. The average molecular weight is 304 g/mol. The van der Waals surface area contributed by atoms with Crippen LogP contribution in [0.1, 0.15) is 10.5 Å². The van der Waals surface area contributed by atoms with Crippen molar-refractivity contribution in [3.8, 4) is 0 Å². The predicted octanol–water partition coefficient (Wildman–Crippen LogP) is 3.71. The van der Waals surface area contributed by atoms with Crippen molar-refractivity contribution in [2.75, 3.05) is 12.4 Å². The molecule has 0 atom stereocenters. The van der Waals surface area contributed by atoms with Crippen molar-refractivity contribution in [3.05, 3.63) is 65.9 Å². The molecule has 0 spiro atoms. The smallest absolute Gasteiger partial charge is 0.356 e. The van der Waals surface area contributed by atoms with Gasteiger partial charge in [0.15, 0.2) is 5.69 Å². The van der Waals surface area contributed by atoms with Gasteiger partial charge in [-0.3, -0.25) is 4.98 Å². The summed E-state index contributed by atoms with van der Waals surface area (Å²) in [6, 6.07) is 10.5. The molecule has 2 aromatic heterocycles. The van der Waals surface area contributed by atoms with Crippen LogP contribution in [-0.2, 0) is 4.74 Å². The molecule has 23 heavy (non-hydrogen) atoms. The first-order chi connectivity index (χ1) is 11.2. The summed E-state index contributed by atoms with van der Waals surface area (Å²) in [5.74, 6) is -0.479. The summed E-state index contributed by atoms with van der Waals surface area (Å²) < 4.78 is 4.62. The van der Waals surface area contributed by atoms with Crippen LogP contribution in [0.25, 0.3) is 15.7 Å². The third kappa shape index (κ3) is 2.94. The van der Waals surface area contributed by atoms with Crippen LogP contribution in [0.3, 0.4) is 0 Å². The molecule has 1 N–H and O–H groups in total. The average Bonchev–Trinajstić information content (AvgIpc) is 2.61. The van der Waals surface area contributed by atoms with E-state index in [-0.39, 0.29) is 5.69 Å². The molecule has 6 nitrogen and oxygen atoms in total. The fraction of sp³-hybridized carbons (Fsp3) is 0.0588. The lowest BCUT2D eigenvalue weighted by atomic mass is 10.1. The van der Waals surface area contributed by atoms with Gasteiger partial charge in [-0.05, 0) is 30.3 Å². The molecule has 0 unspecified atom stereocenters. The number of carbonyl (C=O) groups is 1. The Hall–Kier alpha value is -3.46. The van der Waals surface area contributed by atoms with E-state index in [1.807, 2.05) is 12.1 Å². The Labute approximate surface area is 132 Å². The molecule has 6 heteroatoms. The van der Waals surface area contributed by atoms with Crippen LogP contribution >= 0.6 is 0 Å². The minimum absolute atomic E-state index is 0.243. The summed E-state index contributed by atoms with van der Waals surface area (Å²) in [5, 5.41) is 4.07. The molecule has 0 aliphatic carbocycles. The number of nitrogens with one attached hydrogen (secondary N) is 1. The van der Waals surface area contributed by atoms with Gasteiger partial charge in [0, 0.05) is 17.3 Å². The number of fused-ring (bicyclic) bond motifs is 1. The van der Waals surface area contributed by atoms with E-state index in [1.54, 1.807) is 36.7 Å². The summed E-state index contributed by atoms with van der Waals surface area (Å²) in [6.45, 7) is 7.12. The van der Waals surface area contributed by atoms with Crippen molar-refractivity contribution in [1.82, 2.24) is 9.97 Å². The first-order valence-electron chi connectivity index (χ1n) is 6.79. The second-order valence-corrected chi connectivity index (χ2v) is 4.72. The molecule has 0 aliphatic heterocycles. The number of ether oxygens (including phenoxy) is 1. The number of nitrogens with zero attached hydrogens (tertiary/aromatic N) is 3. The molecule has 0 bridgehead atoms. The van der Waals surface area contributed by atoms with Gasteiger partial charge >= 0.3 is 5.97 Å². The number of anilines is 2. The summed E-state index contributed by atoms with van der Waals surface area (Å²) in [6.07, 6.45) is 3.25. The molecule has 3 rings (SSSR count). The van der Waals surface area contributed by atoms with Gasteiger partial charge in [-0.1, -0.05) is 6.07 Å². The SMILES string of the molecule is [C-]#[N+]c1ccc2nccc(Nc3ccc(C(=O)OC)nc3)c2c1. The molecule has 3 aromatic rings. The van der Waals surface area contributed by atoms with E-state index >= 15 is 0 Å². The van der Waals surface area contributed by atoms with Gasteiger partial charge in [0.05, 0.1) is 31.1 Å². The maximum absolute atomic E-state index is 11.4. The monoisotopic (exact) mass is 304 g/mol. The molecule has 2 heterocycles. The number of methoxy groups -OCH3 is 1. The zero-order chi connectivity index (χ0) is 16.2. The Morgan fingerprint density at radius 3 is 2.78 bits per heavy atom. The fourth-order valence-corrected chi connectivity index (χ4v) is 2.16. The zero-order valence-electron chi connectivity index (χ0n) is 12.3. The van der Waals surface area contributed by atoms with Gasteiger partial charge in [0.2, 0.25) is 0 Å². The Morgan fingerprint density at radius 1 is 1.22 bits per heavy atom. The van der Waals surface area contributed by atoms with Crippen molar-refractivity contribution >= 4 is 33.9 Å². The van der Waals surface area contributed by atoms with Crippen molar-refractivity contribution in [1.29, 1.82) is 0 Å². The zero-order valence-corrected chi connectivity index (χ0v) is 12.3. The van der Waals surface area contributed by atoms with Crippen molar-refractivity contribution < 1.29 is 9.53 Å². The second kappa shape index (κ2) is 6.12. The highest BCUT2D eigenvalue weighted by atomic mass is 16.5. The molecule has 0 amide bonds. The number of hydrogen-bond donors (Lipinski definition) is 1. The van der Waals surface area contributed by atoms with Crippen LogP contribution < -0.4 is 5.32 Å². The van der Waals surface area contributed by atoms with Crippen LogP contribution in [0.4, 0.5) is 17.1 Å². The predicted molar refractivity (Wildman–Crippen MR) is 86.9 cm³/mol. The van der Waals surface area contributed by atoms with Crippen LogP contribution in [0.2, 0.25) is 0 Å². The largest absolute Gasteiger partial charge is 0.464 e. The highest BCUT2D eigenvalue weighted by molar-refractivity contribution is 5.95. The standard InChI is InChI=1S/C17H12N4O2/c1-18-11-3-5-14-13(9-11)15(7-8-19-14)21-12-4-6-16(20-10-12)17(22)23-2/h3-10H,2H3,(H,19,21). The summed E-state index contributed by atoms with van der Waals surface area (Å²) in [5.41, 5.74) is 3.12. The number of esters is 1. The number of carbonyl (C=O) groups excluding carboxylic acids is 1. The van der Waals surface area contributed by atoms with Gasteiger partial charge in [0.1, 0.15) is 5.69 Å². The molecule has 0 fully saturated rings. The number of pyridine rings is 2. The quantitative estimate of drug-likeness (QED) is 0.590. The van der Waals surface area contributed by atoms with Gasteiger partial charge in [-0.15, -0.1) is 0 Å². The first kappa shape index (κ1) is 14.5. The van der Waals surface area contributed by atoms with Gasteiger partial charge < -0.3 is 10.1 Å². The van der Waals surface area contributed by atoms with Gasteiger partial charge in [-0.25, -0.2) is 14.6 Å². The lowest BCUT2D eigenvalue weighted by Crippen LogP contribution is -2.04. The maximum Gasteiger partial charge on any atom is 0.356 e. The lowest BCUT2D eigenvalue weighted by Gasteiger charge is -2.10. The summed E-state index contributed by atoms with van der Waals surface area (Å²) in [7, 11) is 1.31. The van der Waals surface area contributed by atoms with E-state index in [2.05, 4.69) is 24.9 Å². The topological polar surface area (TPSA) is 68.5 Å². The highest BCUT2D eigenvalue weighted by Gasteiger charge is 2.07. The third-order valence-corrected chi connectivity index (χ3v) is 3.29. The van der Waals surface area contributed by atoms with E-state index in [4.69, 9.17) is 6.57 Å². The van der Waals surface area contributed by atoms with Crippen LogP contribution in [0.15, 0.2) is 48.8 Å². The Morgan fingerprint density at radius 2 is 2.09 bits per heavy atom. The Balaban J connectivity index is 1.95. The van der Waals surface area contributed by atoms with Crippen LogP contribution in [0, 0.1) is 6.57 Å². The van der Waals surface area contributed by atoms with Crippen LogP contribution in [-0.4, -0.2) is 23.0 Å². The second-order valence-electron chi connectivity index (χ2n) is 4.72. The molecule has 0 radical (unpaired) electrons. The summed E-state index contributed by atoms with van der Waals surface area (Å²) in [4.78, 5) is 23.2. The van der Waals surface area contributed by atoms with E-state index in [1.165, 1.54) is 7.11 Å². The highest BCUT2D eigenvalue weighted by Crippen LogP contribution is 2.28. The first-order valence-corrected chi connectivity index (χ1v) is 6.79. The summed E-state index contributed by atoms with van der Waals surface area (Å²) >= 11 is 0. The number of aromatic nitrogens is 2. The molecule has 0 saturated heterocycles. The minimum atomic E-state index is -0.479. The number of benzene rings is 1. The van der Waals surface area contributed by atoms with E-state index in [9.17, 15) is 4.79 Å². The van der Waals surface area contributed by atoms with Crippen LogP contribution in [0.5, 0.6) is 0 Å². The fourth-order valence-electron chi connectivity index (χ4n) is 2.16. The van der Waals surface area contributed by atoms with Crippen molar-refractivity contribution in [2.45, 2.75) is 0 Å². The normalized spacial score (nSPS) is 10.1. The number of rotatable bonds is 3. The third-order valence-electron chi connectivity index (χ3n) is 3.29.